The Bertz CT molecular complexity index is 395. The minimum atomic E-state index is 0.547. The van der Waals surface area contributed by atoms with Crippen LogP contribution in [0.4, 0.5) is 0 Å². The third-order valence-corrected chi connectivity index (χ3v) is 5.34. The molecule has 3 atom stereocenters. The molecule has 0 bridgehead atoms. The van der Waals surface area contributed by atoms with Gasteiger partial charge in [-0.2, -0.15) is 0 Å². The predicted molar refractivity (Wildman–Crippen MR) is 73.5 cm³/mol. The van der Waals surface area contributed by atoms with Gasteiger partial charge in [0.05, 0.1) is 0 Å². The molecule has 4 aliphatic rings. The molecule has 0 aromatic heterocycles. The smallest absolute Gasteiger partial charge is 0.0317 e. The van der Waals surface area contributed by atoms with Crippen molar-refractivity contribution in [1.29, 1.82) is 0 Å². The van der Waals surface area contributed by atoms with Gasteiger partial charge in [0.2, 0.25) is 0 Å². The molecule has 0 aromatic carbocycles. The number of fused-ring (bicyclic) bond motifs is 1. The van der Waals surface area contributed by atoms with Crippen LogP contribution in [0.3, 0.4) is 0 Å². The molecule has 0 amide bonds. The maximum absolute atomic E-state index is 3.54. The highest BCUT2D eigenvalue weighted by Crippen LogP contribution is 2.60. The van der Waals surface area contributed by atoms with Crippen molar-refractivity contribution in [2.45, 2.75) is 18.9 Å². The van der Waals surface area contributed by atoms with E-state index >= 15 is 0 Å². The van der Waals surface area contributed by atoms with E-state index in [9.17, 15) is 0 Å². The van der Waals surface area contributed by atoms with Crippen LogP contribution in [0.15, 0.2) is 23.8 Å². The zero-order chi connectivity index (χ0) is 12.0. The average molecular weight is 245 g/mol. The molecule has 2 heterocycles. The van der Waals surface area contributed by atoms with Gasteiger partial charge >= 0.3 is 0 Å². The molecular formula is C15H23N3. The summed E-state index contributed by atoms with van der Waals surface area (Å²) in [5.41, 5.74) is 2.18. The summed E-state index contributed by atoms with van der Waals surface area (Å²) < 4.78 is 0. The second kappa shape index (κ2) is 4.19. The molecule has 0 radical (unpaired) electrons. The van der Waals surface area contributed by atoms with Gasteiger partial charge in [-0.3, -0.25) is 4.90 Å². The van der Waals surface area contributed by atoms with Gasteiger partial charge in [-0.15, -0.1) is 0 Å². The third kappa shape index (κ3) is 1.68. The Morgan fingerprint density at radius 3 is 2.72 bits per heavy atom. The Hall–Kier alpha value is -0.640. The fourth-order valence-corrected chi connectivity index (χ4v) is 4.05. The number of rotatable bonds is 2. The average Bonchev–Trinajstić information content (AvgIpc) is 3.02. The number of hydrogen-bond acceptors (Lipinski definition) is 3. The lowest BCUT2D eigenvalue weighted by Crippen LogP contribution is -2.48. The first-order valence-corrected chi connectivity index (χ1v) is 7.43. The van der Waals surface area contributed by atoms with Crippen LogP contribution < -0.4 is 10.6 Å². The topological polar surface area (TPSA) is 27.3 Å². The van der Waals surface area contributed by atoms with Crippen LogP contribution in [0.5, 0.6) is 0 Å². The van der Waals surface area contributed by atoms with Crippen LogP contribution >= 0.6 is 0 Å². The van der Waals surface area contributed by atoms with Gasteiger partial charge in [-0.1, -0.05) is 18.2 Å². The minimum absolute atomic E-state index is 0.547. The third-order valence-electron chi connectivity index (χ3n) is 5.34. The molecular weight excluding hydrogens is 222 g/mol. The summed E-state index contributed by atoms with van der Waals surface area (Å²) in [4.78, 5) is 2.62. The zero-order valence-electron chi connectivity index (χ0n) is 11.0. The van der Waals surface area contributed by atoms with Gasteiger partial charge in [0, 0.05) is 44.2 Å². The van der Waals surface area contributed by atoms with E-state index in [4.69, 9.17) is 0 Å². The first kappa shape index (κ1) is 11.2. The van der Waals surface area contributed by atoms with Crippen molar-refractivity contribution in [2.75, 3.05) is 39.3 Å². The Morgan fingerprint density at radius 1 is 1.22 bits per heavy atom. The van der Waals surface area contributed by atoms with Gasteiger partial charge < -0.3 is 10.6 Å². The standard InChI is InChI=1S/C15H23N3/c1-3-14(18-7-5-16-6-8-18)4-2-12(1)15-9-13(15)10-17-11-15/h1-3,13-14,16-17H,4-11H2. The van der Waals surface area contributed by atoms with Crippen molar-refractivity contribution in [3.8, 4) is 0 Å². The van der Waals surface area contributed by atoms with E-state index in [2.05, 4.69) is 33.8 Å². The molecule has 0 aromatic rings. The highest BCUT2D eigenvalue weighted by molar-refractivity contribution is 5.39. The van der Waals surface area contributed by atoms with Gasteiger partial charge in [0.15, 0.2) is 0 Å². The number of hydrogen-bond donors (Lipinski definition) is 2. The van der Waals surface area contributed by atoms with E-state index in [-0.39, 0.29) is 0 Å². The summed E-state index contributed by atoms with van der Waals surface area (Å²) in [5, 5.41) is 6.97. The summed E-state index contributed by atoms with van der Waals surface area (Å²) in [7, 11) is 0. The number of piperidine rings is 1. The van der Waals surface area contributed by atoms with Crippen LogP contribution in [-0.4, -0.2) is 50.2 Å². The van der Waals surface area contributed by atoms with E-state index in [0.717, 1.165) is 19.0 Å². The van der Waals surface area contributed by atoms with Crippen LogP contribution in [0.25, 0.3) is 0 Å². The zero-order valence-corrected chi connectivity index (χ0v) is 11.0. The molecule has 2 aliphatic carbocycles. The fourth-order valence-electron chi connectivity index (χ4n) is 4.05. The number of nitrogens with one attached hydrogen (secondary N) is 2. The Kier molecular flexibility index (Phi) is 2.61. The maximum Gasteiger partial charge on any atom is 0.0317 e. The van der Waals surface area contributed by atoms with Crippen molar-refractivity contribution >= 4 is 0 Å². The van der Waals surface area contributed by atoms with Crippen molar-refractivity contribution in [1.82, 2.24) is 15.5 Å². The Labute approximate surface area is 109 Å². The van der Waals surface area contributed by atoms with Crippen molar-refractivity contribution in [2.24, 2.45) is 11.3 Å². The second-order valence-corrected chi connectivity index (χ2v) is 6.30. The molecule has 2 aliphatic heterocycles. The molecule has 2 N–H and O–H groups in total. The SMILES string of the molecule is C1=CC(N2CCNCC2)CC=C1C12CNCC1C2. The van der Waals surface area contributed by atoms with E-state index < -0.39 is 0 Å². The first-order valence-electron chi connectivity index (χ1n) is 7.43. The normalized spacial score (nSPS) is 43.7. The largest absolute Gasteiger partial charge is 0.316 e. The lowest BCUT2D eigenvalue weighted by molar-refractivity contribution is 0.201. The summed E-state index contributed by atoms with van der Waals surface area (Å²) in [6.07, 6.45) is 10.1. The van der Waals surface area contributed by atoms with Crippen molar-refractivity contribution < 1.29 is 0 Å². The second-order valence-electron chi connectivity index (χ2n) is 6.30. The number of allylic oxidation sites excluding steroid dienone is 1. The summed E-state index contributed by atoms with van der Waals surface area (Å²) in [5.74, 6) is 0.934. The molecule has 18 heavy (non-hydrogen) atoms. The van der Waals surface area contributed by atoms with Crippen molar-refractivity contribution in [3.63, 3.8) is 0 Å². The van der Waals surface area contributed by atoms with E-state index in [1.807, 2.05) is 0 Å². The van der Waals surface area contributed by atoms with E-state index in [1.165, 1.54) is 39.0 Å². The lowest BCUT2D eigenvalue weighted by atomic mass is 9.88. The lowest BCUT2D eigenvalue weighted by Gasteiger charge is -2.34. The summed E-state index contributed by atoms with van der Waals surface area (Å²) in [6.45, 7) is 7.16. The number of nitrogens with zero attached hydrogens (tertiary/aromatic N) is 1. The van der Waals surface area contributed by atoms with E-state index in [1.54, 1.807) is 5.57 Å². The first-order chi connectivity index (χ1) is 8.88. The quantitative estimate of drug-likeness (QED) is 0.752. The van der Waals surface area contributed by atoms with E-state index in [0.29, 0.717) is 11.5 Å². The van der Waals surface area contributed by atoms with Crippen LogP contribution in [0.1, 0.15) is 12.8 Å². The summed E-state index contributed by atoms with van der Waals surface area (Å²) >= 11 is 0. The van der Waals surface area contributed by atoms with Gasteiger partial charge in [0.1, 0.15) is 0 Å². The van der Waals surface area contributed by atoms with Crippen molar-refractivity contribution in [3.05, 3.63) is 23.8 Å². The fraction of sp³-hybridized carbons (Fsp3) is 0.733. The Balaban J connectivity index is 1.43. The van der Waals surface area contributed by atoms with Gasteiger partial charge in [0.25, 0.3) is 0 Å². The van der Waals surface area contributed by atoms with Crippen LogP contribution in [0.2, 0.25) is 0 Å². The molecule has 1 saturated carbocycles. The predicted octanol–water partition coefficient (Wildman–Crippen LogP) is 0.756. The van der Waals surface area contributed by atoms with Crippen LogP contribution in [-0.2, 0) is 0 Å². The highest BCUT2D eigenvalue weighted by atomic mass is 15.2. The molecule has 3 unspecified atom stereocenters. The molecule has 3 heteroatoms. The molecule has 0 spiro atoms. The molecule has 3 fully saturated rings. The molecule has 4 rings (SSSR count). The molecule has 98 valence electrons. The monoisotopic (exact) mass is 245 g/mol. The summed E-state index contributed by atoms with van der Waals surface area (Å²) in [6, 6.07) is 0.652. The Morgan fingerprint density at radius 2 is 2.11 bits per heavy atom. The molecule has 3 nitrogen and oxygen atoms in total. The highest BCUT2D eigenvalue weighted by Gasteiger charge is 2.58. The van der Waals surface area contributed by atoms with Gasteiger partial charge in [-0.05, 0) is 30.9 Å². The maximum atomic E-state index is 3.54. The minimum Gasteiger partial charge on any atom is -0.316 e. The molecule has 2 saturated heterocycles. The number of piperazine rings is 1. The van der Waals surface area contributed by atoms with Gasteiger partial charge in [-0.25, -0.2) is 0 Å². The van der Waals surface area contributed by atoms with Crippen LogP contribution in [0, 0.1) is 11.3 Å².